The monoisotopic (exact) mass is 239 g/mol. The van der Waals surface area contributed by atoms with Crippen molar-refractivity contribution in [3.63, 3.8) is 0 Å². The van der Waals surface area contributed by atoms with Crippen molar-refractivity contribution >= 4 is 41.2 Å². The van der Waals surface area contributed by atoms with Gasteiger partial charge in [-0.3, -0.25) is 0 Å². The van der Waals surface area contributed by atoms with E-state index in [1.54, 1.807) is 0 Å². The smallest absolute Gasteiger partial charge is 0.0287 e. The molecule has 0 saturated carbocycles. The fourth-order valence-corrected chi connectivity index (χ4v) is 6.75. The molecule has 71 valence electrons. The third kappa shape index (κ3) is 6.87. The average molecular weight is 239 g/mol. The Morgan fingerprint density at radius 3 is 2.67 bits per heavy atom. The van der Waals surface area contributed by atoms with E-state index in [-0.39, 0.29) is 0 Å². The summed E-state index contributed by atoms with van der Waals surface area (Å²) in [7, 11) is 7.75. The highest BCUT2D eigenvalue weighted by molar-refractivity contribution is 9.26. The minimum absolute atomic E-state index is 1.29. The molecular weight excluding hydrogens is 224 g/mol. The van der Waals surface area contributed by atoms with Crippen molar-refractivity contribution in [1.29, 1.82) is 0 Å². The van der Waals surface area contributed by atoms with Crippen LogP contribution >= 0.6 is 41.2 Å². The van der Waals surface area contributed by atoms with Gasteiger partial charge >= 0.3 is 0 Å². The SMILES string of the molecule is [CH]1CCCCCCCSSSS1. The third-order valence-corrected chi connectivity index (χ3v) is 7.96. The molecular formula is C8H15S4. The first-order chi connectivity index (χ1) is 6.00. The Morgan fingerprint density at radius 1 is 0.833 bits per heavy atom. The summed E-state index contributed by atoms with van der Waals surface area (Å²) in [5.41, 5.74) is 0. The van der Waals surface area contributed by atoms with Crippen LogP contribution in [0.2, 0.25) is 0 Å². The van der Waals surface area contributed by atoms with Gasteiger partial charge in [-0.2, -0.15) is 0 Å². The van der Waals surface area contributed by atoms with Crippen LogP contribution in [0.5, 0.6) is 0 Å². The first-order valence-electron chi connectivity index (χ1n) is 4.43. The second kappa shape index (κ2) is 8.97. The van der Waals surface area contributed by atoms with Gasteiger partial charge in [-0.1, -0.05) is 47.3 Å². The molecule has 1 rings (SSSR count). The van der Waals surface area contributed by atoms with Gasteiger partial charge < -0.3 is 0 Å². The molecule has 0 aromatic rings. The molecule has 1 heterocycles. The molecule has 0 bridgehead atoms. The minimum atomic E-state index is 1.29. The zero-order valence-corrected chi connectivity index (χ0v) is 10.4. The van der Waals surface area contributed by atoms with Crippen molar-refractivity contribution in [2.75, 3.05) is 5.75 Å². The Bertz CT molecular complexity index is 54.0. The molecule has 0 aliphatic carbocycles. The quantitative estimate of drug-likeness (QED) is 0.534. The van der Waals surface area contributed by atoms with Crippen molar-refractivity contribution in [1.82, 2.24) is 0 Å². The highest BCUT2D eigenvalue weighted by atomic mass is 33.7. The first kappa shape index (κ1) is 11.5. The Labute approximate surface area is 91.0 Å². The van der Waals surface area contributed by atoms with E-state index in [2.05, 4.69) is 5.75 Å². The van der Waals surface area contributed by atoms with Gasteiger partial charge in [0.1, 0.15) is 0 Å². The molecule has 0 atom stereocenters. The highest BCUT2D eigenvalue weighted by Gasteiger charge is 1.97. The molecule has 1 fully saturated rings. The molecule has 0 aromatic heterocycles. The second-order valence-corrected chi connectivity index (χ2v) is 8.77. The maximum atomic E-state index is 2.35. The summed E-state index contributed by atoms with van der Waals surface area (Å²) in [6, 6.07) is 0. The molecule has 1 aliphatic rings. The largest absolute Gasteiger partial charge is 0.0817 e. The molecule has 0 unspecified atom stereocenters. The minimum Gasteiger partial charge on any atom is -0.0817 e. The highest BCUT2D eigenvalue weighted by Crippen LogP contribution is 2.45. The lowest BCUT2D eigenvalue weighted by atomic mass is 10.1. The van der Waals surface area contributed by atoms with E-state index in [1.807, 2.05) is 41.2 Å². The summed E-state index contributed by atoms with van der Waals surface area (Å²) < 4.78 is 0. The van der Waals surface area contributed by atoms with E-state index in [0.29, 0.717) is 0 Å². The summed E-state index contributed by atoms with van der Waals surface area (Å²) in [5, 5.41) is 0. The van der Waals surface area contributed by atoms with Gasteiger partial charge in [-0.25, -0.2) is 0 Å². The molecule has 1 radical (unpaired) electrons. The topological polar surface area (TPSA) is 0 Å². The second-order valence-electron chi connectivity index (χ2n) is 2.78. The van der Waals surface area contributed by atoms with Crippen molar-refractivity contribution in [2.45, 2.75) is 38.5 Å². The zero-order chi connectivity index (χ0) is 8.49. The summed E-state index contributed by atoms with van der Waals surface area (Å²) in [6.45, 7) is 0. The Morgan fingerprint density at radius 2 is 1.67 bits per heavy atom. The van der Waals surface area contributed by atoms with Crippen molar-refractivity contribution in [3.05, 3.63) is 5.75 Å². The lowest BCUT2D eigenvalue weighted by Crippen LogP contribution is -1.81. The van der Waals surface area contributed by atoms with E-state index in [1.165, 1.54) is 44.3 Å². The maximum absolute atomic E-state index is 2.35. The van der Waals surface area contributed by atoms with Crippen LogP contribution in [0.1, 0.15) is 38.5 Å². The zero-order valence-electron chi connectivity index (χ0n) is 7.16. The molecule has 0 aromatic carbocycles. The molecule has 4 heteroatoms. The van der Waals surface area contributed by atoms with Gasteiger partial charge in [-0.15, -0.1) is 0 Å². The van der Waals surface area contributed by atoms with Crippen LogP contribution in [0.4, 0.5) is 0 Å². The van der Waals surface area contributed by atoms with E-state index < -0.39 is 0 Å². The van der Waals surface area contributed by atoms with E-state index in [4.69, 9.17) is 0 Å². The lowest BCUT2D eigenvalue weighted by Gasteiger charge is -2.04. The Hall–Kier alpha value is 1.40. The van der Waals surface area contributed by atoms with Crippen LogP contribution in [-0.4, -0.2) is 5.75 Å². The van der Waals surface area contributed by atoms with Crippen molar-refractivity contribution < 1.29 is 0 Å². The molecule has 0 spiro atoms. The van der Waals surface area contributed by atoms with Gasteiger partial charge in [0, 0.05) is 11.5 Å². The maximum Gasteiger partial charge on any atom is 0.0287 e. The normalized spacial score (nSPS) is 24.0. The molecule has 1 aliphatic heterocycles. The molecule has 0 N–H and O–H groups in total. The summed E-state index contributed by atoms with van der Waals surface area (Å²) >= 11 is 0. The molecule has 0 amide bonds. The standard InChI is InChI=1S/C8H15S4/c1-2-4-6-8-10-12-11-9-7-5-3-1/h7H,1-6,8H2. The fourth-order valence-electron chi connectivity index (χ4n) is 1.06. The van der Waals surface area contributed by atoms with E-state index in [9.17, 15) is 0 Å². The Balaban J connectivity index is 2.00. The van der Waals surface area contributed by atoms with E-state index >= 15 is 0 Å². The number of hydrogen-bond donors (Lipinski definition) is 0. The van der Waals surface area contributed by atoms with Crippen LogP contribution in [-0.2, 0) is 0 Å². The summed E-state index contributed by atoms with van der Waals surface area (Å²) in [6.07, 6.45) is 8.41. The Kier molecular flexibility index (Phi) is 8.58. The molecule has 12 heavy (non-hydrogen) atoms. The summed E-state index contributed by atoms with van der Waals surface area (Å²) in [4.78, 5) is 0. The van der Waals surface area contributed by atoms with Crippen LogP contribution in [0.15, 0.2) is 0 Å². The third-order valence-electron chi connectivity index (χ3n) is 1.73. The van der Waals surface area contributed by atoms with Gasteiger partial charge in [0.05, 0.1) is 0 Å². The van der Waals surface area contributed by atoms with Gasteiger partial charge in [0.2, 0.25) is 0 Å². The molecule has 0 nitrogen and oxygen atoms in total. The van der Waals surface area contributed by atoms with Crippen molar-refractivity contribution in [3.8, 4) is 0 Å². The summed E-state index contributed by atoms with van der Waals surface area (Å²) in [5.74, 6) is 3.68. The fraction of sp³-hybridized carbons (Fsp3) is 0.875. The molecule has 1 saturated heterocycles. The number of rotatable bonds is 0. The van der Waals surface area contributed by atoms with Gasteiger partial charge in [0.25, 0.3) is 0 Å². The first-order valence-corrected chi connectivity index (χ1v) is 9.48. The lowest BCUT2D eigenvalue weighted by molar-refractivity contribution is 0.638. The van der Waals surface area contributed by atoms with Crippen LogP contribution < -0.4 is 0 Å². The van der Waals surface area contributed by atoms with Crippen LogP contribution in [0.25, 0.3) is 0 Å². The predicted octanol–water partition coefficient (Wildman–Crippen LogP) is 5.18. The van der Waals surface area contributed by atoms with Gasteiger partial charge in [-0.05, 0) is 32.5 Å². The van der Waals surface area contributed by atoms with Crippen LogP contribution in [0.3, 0.4) is 0 Å². The van der Waals surface area contributed by atoms with Crippen molar-refractivity contribution in [2.24, 2.45) is 0 Å². The average Bonchev–Trinajstić information content (AvgIpc) is 2.05. The number of hydrogen-bond acceptors (Lipinski definition) is 4. The van der Waals surface area contributed by atoms with Gasteiger partial charge in [0.15, 0.2) is 0 Å². The van der Waals surface area contributed by atoms with Crippen LogP contribution in [0, 0.1) is 5.75 Å². The van der Waals surface area contributed by atoms with E-state index in [0.717, 1.165) is 0 Å². The predicted molar refractivity (Wildman–Crippen MR) is 67.2 cm³/mol.